The summed E-state index contributed by atoms with van der Waals surface area (Å²) in [6.07, 6.45) is 0. The van der Waals surface area contributed by atoms with Crippen LogP contribution in [0.15, 0.2) is 21.5 Å². The molecule has 0 saturated heterocycles. The normalized spacial score (nSPS) is 12.4. The molecule has 0 atom stereocenters. The minimum absolute atomic E-state index is 0.290. The third-order valence-electron chi connectivity index (χ3n) is 3.25. The van der Waals surface area contributed by atoms with Gasteiger partial charge in [-0.15, -0.1) is 0 Å². The van der Waals surface area contributed by atoms with E-state index in [4.69, 9.17) is 0 Å². The van der Waals surface area contributed by atoms with Crippen molar-refractivity contribution in [3.8, 4) is 0 Å². The first-order valence-electron chi connectivity index (χ1n) is 7.16. The molecule has 0 heterocycles. The molecule has 0 spiro atoms. The highest BCUT2D eigenvalue weighted by Gasteiger charge is 2.24. The Morgan fingerprint density at radius 3 is 2.48 bits per heavy atom. The topological polar surface area (TPSA) is 49.4 Å². The molecule has 0 aliphatic rings. The van der Waals surface area contributed by atoms with E-state index in [0.29, 0.717) is 23.9 Å². The molecule has 0 bridgehead atoms. The maximum absolute atomic E-state index is 12.8. The van der Waals surface area contributed by atoms with Gasteiger partial charge in [-0.25, -0.2) is 12.7 Å². The Balaban J connectivity index is 3.24. The molecule has 1 N–H and O–H groups in total. The number of benzene rings is 1. The van der Waals surface area contributed by atoms with E-state index < -0.39 is 10.0 Å². The lowest BCUT2D eigenvalue weighted by Gasteiger charge is -2.21. The second-order valence-electron chi connectivity index (χ2n) is 5.66. The molecule has 1 aromatic carbocycles. The SMILES string of the molecule is CCNCc1cc(Br)c(C)c(S(=O)(=O)N(C)CC(C)C)c1. The second kappa shape index (κ2) is 7.72. The van der Waals surface area contributed by atoms with Gasteiger partial charge in [0.2, 0.25) is 10.0 Å². The van der Waals surface area contributed by atoms with Gasteiger partial charge in [-0.05, 0) is 42.6 Å². The van der Waals surface area contributed by atoms with Gasteiger partial charge in [-0.3, -0.25) is 0 Å². The first-order chi connectivity index (χ1) is 9.70. The van der Waals surface area contributed by atoms with Gasteiger partial charge in [0.05, 0.1) is 4.90 Å². The van der Waals surface area contributed by atoms with Crippen LogP contribution in [0, 0.1) is 12.8 Å². The molecular formula is C15H25BrN2O2S. The highest BCUT2D eigenvalue weighted by atomic mass is 79.9. The fourth-order valence-corrected chi connectivity index (χ4v) is 4.39. The lowest BCUT2D eigenvalue weighted by atomic mass is 10.1. The largest absolute Gasteiger partial charge is 0.313 e. The average molecular weight is 377 g/mol. The van der Waals surface area contributed by atoms with Gasteiger partial charge in [0, 0.05) is 24.6 Å². The second-order valence-corrected chi connectivity index (χ2v) is 8.53. The van der Waals surface area contributed by atoms with Crippen LogP contribution in [-0.4, -0.2) is 32.9 Å². The Hall–Kier alpha value is -0.430. The number of nitrogens with one attached hydrogen (secondary N) is 1. The Bertz CT molecular complexity index is 586. The third-order valence-corrected chi connectivity index (χ3v) is 6.02. The van der Waals surface area contributed by atoms with Gasteiger partial charge >= 0.3 is 0 Å². The van der Waals surface area contributed by atoms with Crippen LogP contribution in [0.2, 0.25) is 0 Å². The predicted molar refractivity (Wildman–Crippen MR) is 90.9 cm³/mol. The maximum Gasteiger partial charge on any atom is 0.243 e. The Morgan fingerprint density at radius 2 is 1.95 bits per heavy atom. The van der Waals surface area contributed by atoms with Crippen LogP contribution < -0.4 is 5.32 Å². The number of sulfonamides is 1. The number of halogens is 1. The van der Waals surface area contributed by atoms with Gasteiger partial charge in [-0.1, -0.05) is 36.7 Å². The zero-order valence-electron chi connectivity index (χ0n) is 13.4. The summed E-state index contributed by atoms with van der Waals surface area (Å²) in [7, 11) is -1.82. The Labute approximate surface area is 137 Å². The van der Waals surface area contributed by atoms with Crippen molar-refractivity contribution in [1.82, 2.24) is 9.62 Å². The van der Waals surface area contributed by atoms with E-state index in [9.17, 15) is 8.42 Å². The van der Waals surface area contributed by atoms with Crippen LogP contribution in [0.5, 0.6) is 0 Å². The molecule has 1 rings (SSSR count). The molecule has 120 valence electrons. The van der Waals surface area contributed by atoms with Crippen LogP contribution in [0.25, 0.3) is 0 Å². The molecule has 6 heteroatoms. The monoisotopic (exact) mass is 376 g/mol. The third kappa shape index (κ3) is 4.77. The number of nitrogens with zero attached hydrogens (tertiary/aromatic N) is 1. The van der Waals surface area contributed by atoms with Crippen molar-refractivity contribution >= 4 is 26.0 Å². The first-order valence-corrected chi connectivity index (χ1v) is 9.39. The molecule has 0 radical (unpaired) electrons. The van der Waals surface area contributed by atoms with Crippen molar-refractivity contribution in [2.75, 3.05) is 20.1 Å². The van der Waals surface area contributed by atoms with Gasteiger partial charge in [0.15, 0.2) is 0 Å². The summed E-state index contributed by atoms with van der Waals surface area (Å²) in [5.41, 5.74) is 1.72. The molecule has 0 fully saturated rings. The van der Waals surface area contributed by atoms with Gasteiger partial charge < -0.3 is 5.32 Å². The van der Waals surface area contributed by atoms with E-state index in [1.54, 1.807) is 13.1 Å². The molecule has 0 aliphatic heterocycles. The number of hydrogen-bond donors (Lipinski definition) is 1. The first kappa shape index (κ1) is 18.6. The van der Waals surface area contributed by atoms with Crippen molar-refractivity contribution in [2.45, 2.75) is 39.1 Å². The molecule has 21 heavy (non-hydrogen) atoms. The summed E-state index contributed by atoms with van der Waals surface area (Å²) < 4.78 is 27.8. The smallest absolute Gasteiger partial charge is 0.243 e. The zero-order chi connectivity index (χ0) is 16.2. The average Bonchev–Trinajstić information content (AvgIpc) is 2.38. The summed E-state index contributed by atoms with van der Waals surface area (Å²) in [5.74, 6) is 0.290. The molecule has 0 amide bonds. The van der Waals surface area contributed by atoms with E-state index >= 15 is 0 Å². The van der Waals surface area contributed by atoms with Crippen molar-refractivity contribution in [3.63, 3.8) is 0 Å². The molecule has 0 aromatic heterocycles. The molecule has 0 unspecified atom stereocenters. The molecular weight excluding hydrogens is 352 g/mol. The lowest BCUT2D eigenvalue weighted by molar-refractivity contribution is 0.417. The van der Waals surface area contributed by atoms with Crippen LogP contribution >= 0.6 is 15.9 Å². The number of rotatable bonds is 7. The molecule has 4 nitrogen and oxygen atoms in total. The van der Waals surface area contributed by atoms with E-state index in [0.717, 1.165) is 22.1 Å². The minimum Gasteiger partial charge on any atom is -0.313 e. The van der Waals surface area contributed by atoms with E-state index in [2.05, 4.69) is 21.2 Å². The minimum atomic E-state index is -3.46. The Morgan fingerprint density at radius 1 is 1.33 bits per heavy atom. The van der Waals surface area contributed by atoms with Crippen LogP contribution in [0.4, 0.5) is 0 Å². The van der Waals surface area contributed by atoms with Gasteiger partial charge in [0.25, 0.3) is 0 Å². The van der Waals surface area contributed by atoms with E-state index in [1.165, 1.54) is 4.31 Å². The van der Waals surface area contributed by atoms with Crippen LogP contribution in [0.3, 0.4) is 0 Å². The van der Waals surface area contributed by atoms with Crippen molar-refractivity contribution < 1.29 is 8.42 Å². The van der Waals surface area contributed by atoms with Crippen molar-refractivity contribution in [2.24, 2.45) is 5.92 Å². The maximum atomic E-state index is 12.8. The Kier molecular flexibility index (Phi) is 6.84. The van der Waals surface area contributed by atoms with Gasteiger partial charge in [0.1, 0.15) is 0 Å². The predicted octanol–water partition coefficient (Wildman–Crippen LogP) is 3.14. The quantitative estimate of drug-likeness (QED) is 0.794. The lowest BCUT2D eigenvalue weighted by Crippen LogP contribution is -2.31. The molecule has 1 aromatic rings. The summed E-state index contributed by atoms with van der Waals surface area (Å²) in [4.78, 5) is 0.382. The highest BCUT2D eigenvalue weighted by molar-refractivity contribution is 9.10. The van der Waals surface area contributed by atoms with Gasteiger partial charge in [-0.2, -0.15) is 0 Å². The number of hydrogen-bond acceptors (Lipinski definition) is 3. The fourth-order valence-electron chi connectivity index (χ4n) is 2.13. The molecule has 0 aliphatic carbocycles. The summed E-state index contributed by atoms with van der Waals surface area (Å²) >= 11 is 3.47. The van der Waals surface area contributed by atoms with Crippen LogP contribution in [0.1, 0.15) is 31.9 Å². The highest BCUT2D eigenvalue weighted by Crippen LogP contribution is 2.28. The summed E-state index contributed by atoms with van der Waals surface area (Å²) in [6, 6.07) is 3.74. The van der Waals surface area contributed by atoms with Crippen molar-refractivity contribution in [1.29, 1.82) is 0 Å². The fraction of sp³-hybridized carbons (Fsp3) is 0.600. The summed E-state index contributed by atoms with van der Waals surface area (Å²) in [5, 5.41) is 3.22. The van der Waals surface area contributed by atoms with Crippen molar-refractivity contribution in [3.05, 3.63) is 27.7 Å². The summed E-state index contributed by atoms with van der Waals surface area (Å²) in [6.45, 7) is 9.89. The van der Waals surface area contributed by atoms with Crippen LogP contribution in [-0.2, 0) is 16.6 Å². The zero-order valence-corrected chi connectivity index (χ0v) is 15.8. The van der Waals surface area contributed by atoms with E-state index in [-0.39, 0.29) is 0 Å². The van der Waals surface area contributed by atoms with E-state index in [1.807, 2.05) is 33.8 Å². The molecule has 0 saturated carbocycles. The standard InChI is InChI=1S/C15H25BrN2O2S/c1-6-17-9-13-7-14(16)12(4)15(8-13)21(19,20)18(5)10-11(2)3/h7-8,11,17H,6,9-10H2,1-5H3.